The highest BCUT2D eigenvalue weighted by molar-refractivity contribution is 6.47. The van der Waals surface area contributed by atoms with E-state index in [0.29, 0.717) is 11.3 Å². The second-order valence-corrected chi connectivity index (χ2v) is 6.91. The fourth-order valence-corrected chi connectivity index (χ4v) is 4.27. The monoisotopic (exact) mass is 237 g/mol. The third kappa shape index (κ3) is 1.41. The highest BCUT2D eigenvalue weighted by Gasteiger charge is 2.68. The summed E-state index contributed by atoms with van der Waals surface area (Å²) in [4.78, 5) is 0. The second-order valence-electron chi connectivity index (χ2n) is 6.91. The average Bonchev–Trinajstić information content (AvgIpc) is 2.64. The molecule has 3 nitrogen and oxygen atoms in total. The van der Waals surface area contributed by atoms with Crippen molar-refractivity contribution < 1.29 is 9.31 Å². The molecule has 4 rings (SSSR count). The van der Waals surface area contributed by atoms with E-state index in [1.165, 1.54) is 6.42 Å². The van der Waals surface area contributed by atoms with E-state index in [-0.39, 0.29) is 24.8 Å². The zero-order valence-electron chi connectivity index (χ0n) is 11.4. The van der Waals surface area contributed by atoms with E-state index in [2.05, 4.69) is 27.7 Å². The van der Waals surface area contributed by atoms with Crippen LogP contribution in [0.1, 0.15) is 47.0 Å². The molecule has 5 atom stereocenters. The summed E-state index contributed by atoms with van der Waals surface area (Å²) >= 11 is 0. The molecule has 0 aromatic heterocycles. The van der Waals surface area contributed by atoms with Gasteiger partial charge >= 0.3 is 7.12 Å². The van der Waals surface area contributed by atoms with Crippen molar-refractivity contribution in [3.8, 4) is 0 Å². The van der Waals surface area contributed by atoms with Crippen LogP contribution in [0.4, 0.5) is 0 Å². The van der Waals surface area contributed by atoms with Crippen LogP contribution in [-0.2, 0) is 9.31 Å². The van der Waals surface area contributed by atoms with Crippen molar-refractivity contribution in [2.24, 2.45) is 23.0 Å². The average molecular weight is 237 g/mol. The van der Waals surface area contributed by atoms with Crippen molar-refractivity contribution >= 4 is 7.12 Å². The lowest BCUT2D eigenvalue weighted by atomic mass is 9.43. The van der Waals surface area contributed by atoms with Gasteiger partial charge in [0.2, 0.25) is 0 Å². The van der Waals surface area contributed by atoms with Crippen molar-refractivity contribution in [2.75, 3.05) is 0 Å². The Bertz CT molecular complexity index is 335. The molecule has 17 heavy (non-hydrogen) atoms. The third-order valence-corrected chi connectivity index (χ3v) is 5.79. The molecule has 3 aliphatic carbocycles. The number of hydrogen-bond acceptors (Lipinski definition) is 3. The zero-order valence-corrected chi connectivity index (χ0v) is 11.4. The molecule has 2 N–H and O–H groups in total. The summed E-state index contributed by atoms with van der Waals surface area (Å²) in [6.45, 7) is 9.08. The Balaban J connectivity index is 1.82. The van der Waals surface area contributed by atoms with Crippen LogP contribution >= 0.6 is 0 Å². The van der Waals surface area contributed by atoms with Gasteiger partial charge in [0, 0.05) is 5.94 Å². The molecule has 4 aliphatic rings. The summed E-state index contributed by atoms with van der Waals surface area (Å²) < 4.78 is 12.3. The molecule has 4 fully saturated rings. The molecule has 0 aromatic carbocycles. The van der Waals surface area contributed by atoms with Crippen LogP contribution in [0, 0.1) is 17.3 Å². The highest BCUT2D eigenvalue weighted by Crippen LogP contribution is 2.65. The van der Waals surface area contributed by atoms with Gasteiger partial charge in [-0.15, -0.1) is 0 Å². The molecule has 0 amide bonds. The lowest BCUT2D eigenvalue weighted by Gasteiger charge is -2.64. The second kappa shape index (κ2) is 3.49. The summed E-state index contributed by atoms with van der Waals surface area (Å²) in [6.07, 6.45) is 3.62. The van der Waals surface area contributed by atoms with E-state index in [1.54, 1.807) is 0 Å². The Hall–Kier alpha value is -0.0551. The summed E-state index contributed by atoms with van der Waals surface area (Å²) in [5, 5.41) is 0. The van der Waals surface area contributed by atoms with E-state index in [4.69, 9.17) is 15.0 Å². The van der Waals surface area contributed by atoms with Crippen molar-refractivity contribution in [2.45, 2.75) is 64.6 Å². The van der Waals surface area contributed by atoms with Crippen LogP contribution in [0.2, 0.25) is 0 Å². The van der Waals surface area contributed by atoms with Crippen molar-refractivity contribution in [3.63, 3.8) is 0 Å². The summed E-state index contributed by atoms with van der Waals surface area (Å²) in [5.74, 6) is 1.45. The molecule has 1 aliphatic heterocycles. The Morgan fingerprint density at radius 1 is 1.35 bits per heavy atom. The van der Waals surface area contributed by atoms with Crippen molar-refractivity contribution in [1.29, 1.82) is 0 Å². The maximum absolute atomic E-state index is 6.24. The lowest BCUT2D eigenvalue weighted by molar-refractivity contribution is -0.199. The topological polar surface area (TPSA) is 44.5 Å². The third-order valence-electron chi connectivity index (χ3n) is 5.79. The molecule has 3 saturated carbocycles. The lowest BCUT2D eigenvalue weighted by Crippen LogP contribution is -2.65. The molecule has 0 spiro atoms. The molecule has 96 valence electrons. The predicted molar refractivity (Wildman–Crippen MR) is 68.4 cm³/mol. The van der Waals surface area contributed by atoms with Gasteiger partial charge in [-0.2, -0.15) is 0 Å². The minimum Gasteiger partial charge on any atom is -0.404 e. The van der Waals surface area contributed by atoms with Crippen LogP contribution in [-0.4, -0.2) is 24.8 Å². The minimum absolute atomic E-state index is 0.0118. The molecule has 3 unspecified atom stereocenters. The van der Waals surface area contributed by atoms with E-state index >= 15 is 0 Å². The van der Waals surface area contributed by atoms with E-state index in [0.717, 1.165) is 18.8 Å². The fourth-order valence-electron chi connectivity index (χ4n) is 4.27. The smallest absolute Gasteiger partial charge is 0.404 e. The van der Waals surface area contributed by atoms with Crippen LogP contribution in [0.25, 0.3) is 0 Å². The molecular formula is C13H24BNO2. The molecule has 0 aromatic rings. The van der Waals surface area contributed by atoms with Crippen LogP contribution in [0.5, 0.6) is 0 Å². The molecule has 4 heteroatoms. The van der Waals surface area contributed by atoms with Crippen LogP contribution in [0.3, 0.4) is 0 Å². The van der Waals surface area contributed by atoms with E-state index < -0.39 is 0 Å². The zero-order chi connectivity index (χ0) is 12.4. The van der Waals surface area contributed by atoms with Gasteiger partial charge in [0.05, 0.1) is 11.7 Å². The number of nitrogens with two attached hydrogens (primary N) is 1. The number of rotatable bonds is 2. The Labute approximate surface area is 105 Å². The summed E-state index contributed by atoms with van der Waals surface area (Å²) in [5.41, 5.74) is 6.38. The van der Waals surface area contributed by atoms with Crippen molar-refractivity contribution in [3.05, 3.63) is 0 Å². The van der Waals surface area contributed by atoms with Crippen molar-refractivity contribution in [1.82, 2.24) is 0 Å². The molecule has 1 heterocycles. The molecule has 0 radical (unpaired) electrons. The SMILES string of the molecule is CCC(N)B1O[C@@H]2CC3CC(C3(C)C)[C@]2(C)O1. The minimum atomic E-state index is -0.190. The fraction of sp³-hybridized carbons (Fsp3) is 1.00. The standard InChI is InChI=1S/C13H24BNO2/c1-5-11(15)14-16-10-7-8-6-9(12(8,2)3)13(10,4)17-14/h8-11H,5-7,15H2,1-4H3/t8?,9?,10-,11?,13+/m1/s1. The van der Waals surface area contributed by atoms with Gasteiger partial charge in [0.1, 0.15) is 0 Å². The van der Waals surface area contributed by atoms with Gasteiger partial charge < -0.3 is 15.0 Å². The van der Waals surface area contributed by atoms with Gasteiger partial charge in [-0.3, -0.25) is 0 Å². The van der Waals surface area contributed by atoms with E-state index in [9.17, 15) is 0 Å². The van der Waals surface area contributed by atoms with Gasteiger partial charge in [-0.05, 0) is 43.4 Å². The first-order chi connectivity index (χ1) is 7.89. The Morgan fingerprint density at radius 2 is 2.06 bits per heavy atom. The van der Waals surface area contributed by atoms with Gasteiger partial charge in [0.25, 0.3) is 0 Å². The summed E-state index contributed by atoms with van der Waals surface area (Å²) in [6, 6.07) is 0. The summed E-state index contributed by atoms with van der Waals surface area (Å²) in [7, 11) is -0.190. The first-order valence-corrected chi connectivity index (χ1v) is 6.98. The van der Waals surface area contributed by atoms with E-state index in [1.807, 2.05) is 0 Å². The highest BCUT2D eigenvalue weighted by atomic mass is 16.7. The maximum Gasteiger partial charge on any atom is 0.475 e. The quantitative estimate of drug-likeness (QED) is 0.747. The maximum atomic E-state index is 6.24. The van der Waals surface area contributed by atoms with Crippen LogP contribution in [0.15, 0.2) is 0 Å². The Kier molecular flexibility index (Phi) is 2.46. The van der Waals surface area contributed by atoms with Crippen LogP contribution < -0.4 is 5.73 Å². The normalized spacial score (nSPS) is 48.5. The largest absolute Gasteiger partial charge is 0.475 e. The first-order valence-electron chi connectivity index (χ1n) is 6.98. The van der Waals surface area contributed by atoms with Gasteiger partial charge in [0.15, 0.2) is 0 Å². The van der Waals surface area contributed by atoms with Gasteiger partial charge in [-0.1, -0.05) is 20.8 Å². The Morgan fingerprint density at radius 3 is 2.65 bits per heavy atom. The number of hydrogen-bond donors (Lipinski definition) is 1. The molecule has 2 bridgehead atoms. The molecule has 1 saturated heterocycles. The predicted octanol–water partition coefficient (Wildman–Crippen LogP) is 1.99. The van der Waals surface area contributed by atoms with Gasteiger partial charge in [-0.25, -0.2) is 0 Å². The first kappa shape index (κ1) is 12.0. The molecular weight excluding hydrogens is 213 g/mol.